The van der Waals surface area contributed by atoms with Crippen molar-refractivity contribution in [3.05, 3.63) is 34.9 Å². The zero-order valence-corrected chi connectivity index (χ0v) is 13.3. The monoisotopic (exact) mass is 316 g/mol. The second-order valence-corrected chi connectivity index (χ2v) is 6.06. The lowest BCUT2D eigenvalue weighted by Gasteiger charge is -2.24. The molecule has 1 rings (SSSR count). The van der Waals surface area contributed by atoms with E-state index < -0.39 is 22.7 Å². The first-order valence-corrected chi connectivity index (χ1v) is 8.07. The molecule has 0 fully saturated rings. The zero-order valence-electron chi connectivity index (χ0n) is 12.5. The summed E-state index contributed by atoms with van der Waals surface area (Å²) in [5.41, 5.74) is -0.641. The summed E-state index contributed by atoms with van der Waals surface area (Å²) in [5, 5.41) is 0. The van der Waals surface area contributed by atoms with Gasteiger partial charge >= 0.3 is 5.97 Å². The van der Waals surface area contributed by atoms with Crippen molar-refractivity contribution >= 4 is 17.0 Å². The van der Waals surface area contributed by atoms with Crippen LogP contribution in [0.2, 0.25) is 0 Å². The third-order valence-corrected chi connectivity index (χ3v) is 3.92. The topological polar surface area (TPSA) is 63.6 Å². The molecule has 0 saturated carbocycles. The van der Waals surface area contributed by atoms with E-state index in [0.717, 1.165) is 6.42 Å². The number of halogens is 1. The van der Waals surface area contributed by atoms with Crippen molar-refractivity contribution in [1.29, 1.82) is 0 Å². The minimum Gasteiger partial charge on any atom is -0.465 e. The third kappa shape index (κ3) is 4.89. The van der Waals surface area contributed by atoms with Crippen LogP contribution in [0.1, 0.15) is 54.6 Å². The van der Waals surface area contributed by atoms with E-state index in [4.69, 9.17) is 4.55 Å². The van der Waals surface area contributed by atoms with Crippen molar-refractivity contribution in [1.82, 2.24) is 0 Å². The molecule has 1 aromatic carbocycles. The van der Waals surface area contributed by atoms with E-state index in [9.17, 15) is 13.4 Å². The molecule has 21 heavy (non-hydrogen) atoms. The minimum absolute atomic E-state index is 0.216. The largest absolute Gasteiger partial charge is 0.465 e. The number of ether oxygens (including phenoxy) is 1. The molecule has 2 unspecified atom stereocenters. The molecule has 0 aromatic heterocycles. The van der Waals surface area contributed by atoms with E-state index in [1.807, 2.05) is 6.92 Å². The van der Waals surface area contributed by atoms with Crippen LogP contribution in [0.4, 0.5) is 4.39 Å². The van der Waals surface area contributed by atoms with Crippen molar-refractivity contribution in [2.75, 3.05) is 7.11 Å². The average molecular weight is 316 g/mol. The van der Waals surface area contributed by atoms with Crippen molar-refractivity contribution < 1.29 is 22.7 Å². The van der Waals surface area contributed by atoms with Gasteiger partial charge < -0.3 is 9.29 Å². The molecule has 118 valence electrons. The number of hydrogen-bond donors (Lipinski definition) is 1. The quantitative estimate of drug-likeness (QED) is 0.617. The zero-order chi connectivity index (χ0) is 16.0. The lowest BCUT2D eigenvalue weighted by atomic mass is 9.88. The summed E-state index contributed by atoms with van der Waals surface area (Å²) in [7, 11) is 1.25. The maximum absolute atomic E-state index is 14.8. The van der Waals surface area contributed by atoms with Crippen molar-refractivity contribution in [2.24, 2.45) is 0 Å². The van der Waals surface area contributed by atoms with Crippen molar-refractivity contribution in [3.63, 3.8) is 0 Å². The van der Waals surface area contributed by atoms with Crippen LogP contribution in [-0.4, -0.2) is 21.8 Å². The molecule has 0 amide bonds. The number of rotatable bonds is 7. The van der Waals surface area contributed by atoms with Crippen LogP contribution in [0.15, 0.2) is 18.2 Å². The Morgan fingerprint density at radius 2 is 2.14 bits per heavy atom. The van der Waals surface area contributed by atoms with Gasteiger partial charge in [-0.2, -0.15) is 0 Å². The smallest absolute Gasteiger partial charge is 0.337 e. The number of esters is 1. The summed E-state index contributed by atoms with van der Waals surface area (Å²) in [6, 6.07) is 4.41. The molecule has 0 aliphatic carbocycles. The lowest BCUT2D eigenvalue weighted by molar-refractivity contribution is 0.0600. The Labute approximate surface area is 127 Å². The van der Waals surface area contributed by atoms with Crippen LogP contribution >= 0.6 is 0 Å². The van der Waals surface area contributed by atoms with E-state index in [2.05, 4.69) is 4.74 Å². The molecule has 0 radical (unpaired) electrons. The van der Waals surface area contributed by atoms with Gasteiger partial charge in [-0.15, -0.1) is 0 Å². The van der Waals surface area contributed by atoms with Gasteiger partial charge in [-0.25, -0.2) is 13.4 Å². The van der Waals surface area contributed by atoms with E-state index in [0.29, 0.717) is 24.0 Å². The summed E-state index contributed by atoms with van der Waals surface area (Å²) in [6.07, 6.45) is 1.90. The maximum Gasteiger partial charge on any atom is 0.337 e. The molecule has 0 aliphatic heterocycles. The molecular formula is C15H21FO4S. The second-order valence-electron chi connectivity index (χ2n) is 5.13. The molecule has 6 heteroatoms. The van der Waals surface area contributed by atoms with Gasteiger partial charge in [0.25, 0.3) is 0 Å². The molecule has 0 saturated heterocycles. The van der Waals surface area contributed by atoms with Crippen LogP contribution in [0.5, 0.6) is 0 Å². The standard InChI is InChI=1S/C15H21FO4S/c1-4-5-8-15(2,16)13-7-6-11(14(17)20-3)9-12(13)10-21(18)19/h6-7,9H,4-5,8,10H2,1-3H3,(H,18,19). The summed E-state index contributed by atoms with van der Waals surface area (Å²) in [6.45, 7) is 3.43. The maximum atomic E-state index is 14.8. The fourth-order valence-electron chi connectivity index (χ4n) is 2.24. The lowest BCUT2D eigenvalue weighted by Crippen LogP contribution is -2.19. The first kappa shape index (κ1) is 17.8. The van der Waals surface area contributed by atoms with Crippen molar-refractivity contribution in [3.8, 4) is 0 Å². The number of alkyl halides is 1. The molecule has 2 atom stereocenters. The van der Waals surface area contributed by atoms with Crippen molar-refractivity contribution in [2.45, 2.75) is 44.5 Å². The number of unbranched alkanes of at least 4 members (excludes halogenated alkanes) is 1. The minimum atomic E-state index is -2.11. The van der Waals surface area contributed by atoms with E-state index in [1.165, 1.54) is 32.2 Å². The normalized spacial score (nSPS) is 15.3. The third-order valence-electron chi connectivity index (χ3n) is 3.37. The molecule has 1 N–H and O–H groups in total. The Hall–Kier alpha value is -1.27. The molecular weight excluding hydrogens is 295 g/mol. The van der Waals surface area contributed by atoms with Crippen LogP contribution in [0, 0.1) is 0 Å². The Kier molecular flexibility index (Phi) is 6.48. The highest BCUT2D eigenvalue weighted by atomic mass is 32.2. The summed E-state index contributed by atoms with van der Waals surface area (Å²) in [4.78, 5) is 11.5. The van der Waals surface area contributed by atoms with Gasteiger partial charge in [-0.3, -0.25) is 0 Å². The van der Waals surface area contributed by atoms with Crippen LogP contribution in [0.25, 0.3) is 0 Å². The van der Waals surface area contributed by atoms with Gasteiger partial charge in [0.15, 0.2) is 11.1 Å². The Morgan fingerprint density at radius 1 is 1.48 bits per heavy atom. The number of hydrogen-bond acceptors (Lipinski definition) is 3. The van der Waals surface area contributed by atoms with Crippen LogP contribution < -0.4 is 0 Å². The number of carbonyl (C=O) groups excluding carboxylic acids is 1. The highest BCUT2D eigenvalue weighted by Crippen LogP contribution is 2.34. The predicted octanol–water partition coefficient (Wildman–Crippen LogP) is 3.57. The highest BCUT2D eigenvalue weighted by molar-refractivity contribution is 7.78. The first-order chi connectivity index (χ1) is 9.81. The van der Waals surface area contributed by atoms with Crippen LogP contribution in [-0.2, 0) is 27.2 Å². The van der Waals surface area contributed by atoms with Gasteiger partial charge in [0.1, 0.15) is 5.67 Å². The Morgan fingerprint density at radius 3 is 2.67 bits per heavy atom. The Balaban J connectivity index is 3.23. The van der Waals surface area contributed by atoms with Gasteiger partial charge in [0.2, 0.25) is 0 Å². The average Bonchev–Trinajstić information content (AvgIpc) is 2.43. The molecule has 4 nitrogen and oxygen atoms in total. The fourth-order valence-corrected chi connectivity index (χ4v) is 2.75. The van der Waals surface area contributed by atoms with E-state index in [-0.39, 0.29) is 11.3 Å². The summed E-state index contributed by atoms with van der Waals surface area (Å²) < 4.78 is 39.6. The van der Waals surface area contributed by atoms with Gasteiger partial charge in [-0.1, -0.05) is 25.8 Å². The SMILES string of the molecule is CCCCC(C)(F)c1ccc(C(=O)OC)cc1CS(=O)O. The number of carbonyl (C=O) groups is 1. The van der Waals surface area contributed by atoms with Gasteiger partial charge in [0.05, 0.1) is 18.4 Å². The van der Waals surface area contributed by atoms with E-state index >= 15 is 0 Å². The molecule has 0 heterocycles. The summed E-state index contributed by atoms with van der Waals surface area (Å²) in [5.74, 6) is -0.771. The van der Waals surface area contributed by atoms with E-state index in [1.54, 1.807) is 0 Å². The molecule has 0 spiro atoms. The predicted molar refractivity (Wildman–Crippen MR) is 80.2 cm³/mol. The number of benzene rings is 1. The van der Waals surface area contributed by atoms with Gasteiger partial charge in [0, 0.05) is 0 Å². The Bertz CT molecular complexity index is 528. The highest BCUT2D eigenvalue weighted by Gasteiger charge is 2.29. The molecule has 1 aromatic rings. The van der Waals surface area contributed by atoms with Gasteiger partial charge in [-0.05, 0) is 36.6 Å². The second kappa shape index (κ2) is 7.66. The first-order valence-electron chi connectivity index (χ1n) is 6.80. The fraction of sp³-hybridized carbons (Fsp3) is 0.533. The summed E-state index contributed by atoms with van der Waals surface area (Å²) >= 11 is -2.11. The molecule has 0 bridgehead atoms. The number of methoxy groups -OCH3 is 1. The van der Waals surface area contributed by atoms with Crippen LogP contribution in [0.3, 0.4) is 0 Å². The molecule has 0 aliphatic rings.